The molecule has 13 heavy (non-hydrogen) atoms. The molecule has 0 spiro atoms. The van der Waals surface area contributed by atoms with E-state index < -0.39 is 0 Å². The summed E-state index contributed by atoms with van der Waals surface area (Å²) in [5, 5.41) is 0.590. The monoisotopic (exact) mass is 246 g/mol. The Kier molecular flexibility index (Phi) is 2.51. The van der Waals surface area contributed by atoms with Crippen LogP contribution in [0.5, 0.6) is 5.75 Å². The Morgan fingerprint density at radius 2 is 2.31 bits per heavy atom. The molecular weight excluding hydrogens is 239 g/mol. The van der Waals surface area contributed by atoms with Crippen LogP contribution in [0, 0.1) is 5.82 Å². The smallest absolute Gasteiger partial charge is 0.189 e. The second-order valence-electron chi connectivity index (χ2n) is 2.80. The molecule has 0 unspecified atom stereocenters. The summed E-state index contributed by atoms with van der Waals surface area (Å²) in [6.45, 7) is 0.672. The lowest BCUT2D eigenvalue weighted by molar-refractivity contribution is -0.0171. The minimum Gasteiger partial charge on any atom is -0.467 e. The van der Waals surface area contributed by atoms with Crippen molar-refractivity contribution in [2.75, 3.05) is 6.79 Å². The standard InChI is InChI=1S/C9H8BrFO2/c10-3-6-1-8(11)2-7-4-12-5-13-9(6)7/h1-2H,3-5H2. The van der Waals surface area contributed by atoms with Gasteiger partial charge in [0.05, 0.1) is 6.61 Å². The minimum atomic E-state index is -0.248. The maximum absolute atomic E-state index is 13.0. The van der Waals surface area contributed by atoms with Gasteiger partial charge < -0.3 is 9.47 Å². The lowest BCUT2D eigenvalue weighted by Gasteiger charge is -2.19. The number of halogens is 2. The zero-order valence-corrected chi connectivity index (χ0v) is 8.43. The summed E-state index contributed by atoms with van der Waals surface area (Å²) in [7, 11) is 0. The molecule has 1 aliphatic heterocycles. The van der Waals surface area contributed by atoms with Gasteiger partial charge in [-0.15, -0.1) is 0 Å². The first-order valence-electron chi connectivity index (χ1n) is 3.89. The van der Waals surface area contributed by atoms with E-state index >= 15 is 0 Å². The molecule has 70 valence electrons. The number of ether oxygens (including phenoxy) is 2. The first-order chi connectivity index (χ1) is 6.31. The second-order valence-corrected chi connectivity index (χ2v) is 3.36. The van der Waals surface area contributed by atoms with E-state index in [1.165, 1.54) is 12.1 Å². The van der Waals surface area contributed by atoms with Crippen molar-refractivity contribution in [1.82, 2.24) is 0 Å². The maximum atomic E-state index is 13.0. The van der Waals surface area contributed by atoms with Gasteiger partial charge in [-0.2, -0.15) is 0 Å². The van der Waals surface area contributed by atoms with E-state index in [2.05, 4.69) is 15.9 Å². The molecule has 0 fully saturated rings. The van der Waals surface area contributed by atoms with Gasteiger partial charge in [-0.3, -0.25) is 0 Å². The predicted octanol–water partition coefficient (Wildman–Crippen LogP) is 2.59. The van der Waals surface area contributed by atoms with Crippen LogP contribution in [0.3, 0.4) is 0 Å². The third-order valence-electron chi connectivity index (χ3n) is 1.90. The normalized spacial score (nSPS) is 14.9. The van der Waals surface area contributed by atoms with Crippen LogP contribution in [0.1, 0.15) is 11.1 Å². The first-order valence-corrected chi connectivity index (χ1v) is 5.01. The Bertz CT molecular complexity index is 310. The average molecular weight is 247 g/mol. The van der Waals surface area contributed by atoms with Crippen LogP contribution in [0.4, 0.5) is 4.39 Å². The number of rotatable bonds is 1. The minimum absolute atomic E-state index is 0.248. The Balaban J connectivity index is 2.50. The largest absolute Gasteiger partial charge is 0.467 e. The summed E-state index contributed by atoms with van der Waals surface area (Å²) in [6, 6.07) is 2.92. The predicted molar refractivity (Wildman–Crippen MR) is 49.3 cm³/mol. The first kappa shape index (κ1) is 8.97. The van der Waals surface area contributed by atoms with Crippen molar-refractivity contribution in [3.8, 4) is 5.75 Å². The third kappa shape index (κ3) is 1.69. The van der Waals surface area contributed by atoms with Crippen molar-refractivity contribution in [2.45, 2.75) is 11.9 Å². The molecule has 0 radical (unpaired) electrons. The van der Waals surface area contributed by atoms with Crippen molar-refractivity contribution < 1.29 is 13.9 Å². The topological polar surface area (TPSA) is 18.5 Å². The zero-order chi connectivity index (χ0) is 9.26. The van der Waals surface area contributed by atoms with E-state index in [1.807, 2.05) is 0 Å². The molecule has 2 rings (SSSR count). The van der Waals surface area contributed by atoms with Gasteiger partial charge in [-0.1, -0.05) is 15.9 Å². The highest BCUT2D eigenvalue weighted by Gasteiger charge is 2.15. The SMILES string of the molecule is Fc1cc(CBr)c2c(c1)COCO2. The van der Waals surface area contributed by atoms with E-state index in [9.17, 15) is 4.39 Å². The van der Waals surface area contributed by atoms with Crippen molar-refractivity contribution in [3.63, 3.8) is 0 Å². The number of benzene rings is 1. The van der Waals surface area contributed by atoms with Gasteiger partial charge in [-0.25, -0.2) is 4.39 Å². The fourth-order valence-corrected chi connectivity index (χ4v) is 1.77. The van der Waals surface area contributed by atoms with E-state index in [1.54, 1.807) is 0 Å². The van der Waals surface area contributed by atoms with Crippen LogP contribution in [0.25, 0.3) is 0 Å². The molecule has 0 saturated heterocycles. The number of alkyl halides is 1. The molecule has 1 heterocycles. The Labute approximate surface area is 83.8 Å². The van der Waals surface area contributed by atoms with E-state index in [0.29, 0.717) is 11.9 Å². The van der Waals surface area contributed by atoms with Gasteiger partial charge >= 0.3 is 0 Å². The van der Waals surface area contributed by atoms with Crippen molar-refractivity contribution in [2.24, 2.45) is 0 Å². The highest BCUT2D eigenvalue weighted by Crippen LogP contribution is 2.30. The van der Waals surface area contributed by atoms with Crippen LogP contribution >= 0.6 is 15.9 Å². The lowest BCUT2D eigenvalue weighted by Crippen LogP contribution is -2.13. The molecule has 4 heteroatoms. The number of hydrogen-bond acceptors (Lipinski definition) is 2. The molecule has 0 aromatic heterocycles. The van der Waals surface area contributed by atoms with Gasteiger partial charge in [0.1, 0.15) is 11.6 Å². The van der Waals surface area contributed by atoms with E-state index in [-0.39, 0.29) is 12.6 Å². The lowest BCUT2D eigenvalue weighted by atomic mass is 10.1. The van der Waals surface area contributed by atoms with Gasteiger partial charge in [-0.05, 0) is 12.1 Å². The maximum Gasteiger partial charge on any atom is 0.189 e. The third-order valence-corrected chi connectivity index (χ3v) is 2.50. The van der Waals surface area contributed by atoms with Crippen LogP contribution < -0.4 is 4.74 Å². The quantitative estimate of drug-likeness (QED) is 0.710. The van der Waals surface area contributed by atoms with Crippen molar-refractivity contribution in [3.05, 3.63) is 29.1 Å². The number of fused-ring (bicyclic) bond motifs is 1. The molecule has 1 aromatic rings. The van der Waals surface area contributed by atoms with Gasteiger partial charge in [0.15, 0.2) is 6.79 Å². The Morgan fingerprint density at radius 3 is 3.08 bits per heavy atom. The van der Waals surface area contributed by atoms with E-state index in [0.717, 1.165) is 16.9 Å². The van der Waals surface area contributed by atoms with Gasteiger partial charge in [0.25, 0.3) is 0 Å². The van der Waals surface area contributed by atoms with Crippen LogP contribution in [-0.2, 0) is 16.7 Å². The molecule has 1 aliphatic rings. The van der Waals surface area contributed by atoms with Crippen molar-refractivity contribution in [1.29, 1.82) is 0 Å². The summed E-state index contributed by atoms with van der Waals surface area (Å²) in [4.78, 5) is 0. The molecule has 0 aliphatic carbocycles. The van der Waals surface area contributed by atoms with E-state index in [4.69, 9.17) is 9.47 Å². The molecule has 0 amide bonds. The molecular formula is C9H8BrFO2. The Morgan fingerprint density at radius 1 is 1.46 bits per heavy atom. The molecule has 1 aromatic carbocycles. The summed E-state index contributed by atoms with van der Waals surface area (Å²) in [5.41, 5.74) is 1.61. The van der Waals surface area contributed by atoms with Gasteiger partial charge in [0.2, 0.25) is 0 Å². The second kappa shape index (κ2) is 3.64. The van der Waals surface area contributed by atoms with Crippen LogP contribution in [-0.4, -0.2) is 6.79 Å². The summed E-state index contributed by atoms with van der Waals surface area (Å²) in [6.07, 6.45) is 0. The zero-order valence-electron chi connectivity index (χ0n) is 6.85. The highest BCUT2D eigenvalue weighted by molar-refractivity contribution is 9.08. The average Bonchev–Trinajstić information content (AvgIpc) is 2.16. The Hall–Kier alpha value is -0.610. The highest BCUT2D eigenvalue weighted by atomic mass is 79.9. The molecule has 0 bridgehead atoms. The number of hydrogen-bond donors (Lipinski definition) is 0. The molecule has 0 N–H and O–H groups in total. The van der Waals surface area contributed by atoms with Crippen LogP contribution in [0.15, 0.2) is 12.1 Å². The fourth-order valence-electron chi connectivity index (χ4n) is 1.36. The fraction of sp³-hybridized carbons (Fsp3) is 0.333. The summed E-state index contributed by atoms with van der Waals surface area (Å²) >= 11 is 3.28. The summed E-state index contributed by atoms with van der Waals surface area (Å²) < 4.78 is 23.3. The molecule has 0 atom stereocenters. The molecule has 0 saturated carbocycles. The van der Waals surface area contributed by atoms with Crippen molar-refractivity contribution >= 4 is 15.9 Å². The molecule has 2 nitrogen and oxygen atoms in total. The van der Waals surface area contributed by atoms with Gasteiger partial charge in [0, 0.05) is 16.5 Å². The van der Waals surface area contributed by atoms with Crippen LogP contribution in [0.2, 0.25) is 0 Å². The summed E-state index contributed by atoms with van der Waals surface area (Å²) in [5.74, 6) is 0.506.